The van der Waals surface area contributed by atoms with Gasteiger partial charge in [-0.25, -0.2) is 4.68 Å². The zero-order chi connectivity index (χ0) is 22.1. The molecule has 0 unspecified atom stereocenters. The predicted molar refractivity (Wildman–Crippen MR) is 118 cm³/mol. The summed E-state index contributed by atoms with van der Waals surface area (Å²) in [4.78, 5) is 27.8. The van der Waals surface area contributed by atoms with Crippen LogP contribution in [0.25, 0.3) is 11.3 Å². The first kappa shape index (κ1) is 21.0. The topological polar surface area (TPSA) is 82.9 Å². The second-order valence-electron chi connectivity index (χ2n) is 8.86. The fourth-order valence-electron chi connectivity index (χ4n) is 5.12. The zero-order valence-electron chi connectivity index (χ0n) is 18.4. The number of benzene rings is 1. The zero-order valence-corrected chi connectivity index (χ0v) is 18.4. The minimum absolute atomic E-state index is 0.0115. The van der Waals surface area contributed by atoms with Crippen molar-refractivity contribution in [2.24, 2.45) is 5.92 Å². The van der Waals surface area contributed by atoms with Gasteiger partial charge in [0.2, 0.25) is 12.7 Å². The van der Waals surface area contributed by atoms with Crippen LogP contribution in [-0.2, 0) is 16.1 Å². The van der Waals surface area contributed by atoms with Gasteiger partial charge in [0.25, 0.3) is 5.56 Å². The molecule has 170 valence electrons. The smallest absolute Gasteiger partial charge is 0.266 e. The Kier molecular flexibility index (Phi) is 5.87. The lowest BCUT2D eigenvalue weighted by Crippen LogP contribution is -2.44. The molecule has 1 aromatic carbocycles. The van der Waals surface area contributed by atoms with Crippen molar-refractivity contribution in [2.45, 2.75) is 57.2 Å². The SMILES string of the molecule is CO[C@H]1CCC[C@@H](C(=O)N2CCC[C@H]2Cn2nc(-c3ccc4c(c3)OCO4)ccc2=O)C1. The Morgan fingerprint density at radius 1 is 1.12 bits per heavy atom. The first-order chi connectivity index (χ1) is 15.6. The highest BCUT2D eigenvalue weighted by molar-refractivity contribution is 5.79. The number of aromatic nitrogens is 2. The molecule has 8 heteroatoms. The summed E-state index contributed by atoms with van der Waals surface area (Å²) in [6.45, 7) is 1.36. The second-order valence-corrected chi connectivity index (χ2v) is 8.86. The molecule has 2 aliphatic heterocycles. The summed E-state index contributed by atoms with van der Waals surface area (Å²) in [7, 11) is 1.72. The molecule has 1 saturated heterocycles. The van der Waals surface area contributed by atoms with Crippen LogP contribution in [0.3, 0.4) is 0 Å². The third kappa shape index (κ3) is 4.11. The van der Waals surface area contributed by atoms with Gasteiger partial charge in [0.1, 0.15) is 0 Å². The van der Waals surface area contributed by atoms with Gasteiger partial charge in [-0.3, -0.25) is 9.59 Å². The molecule has 5 rings (SSSR count). The Labute approximate surface area is 187 Å². The van der Waals surface area contributed by atoms with Crippen LogP contribution >= 0.6 is 0 Å². The average molecular weight is 440 g/mol. The van der Waals surface area contributed by atoms with E-state index in [4.69, 9.17) is 14.2 Å². The van der Waals surface area contributed by atoms with E-state index >= 15 is 0 Å². The largest absolute Gasteiger partial charge is 0.454 e. The molecule has 0 bridgehead atoms. The van der Waals surface area contributed by atoms with E-state index in [0.29, 0.717) is 23.7 Å². The van der Waals surface area contributed by atoms with E-state index in [1.54, 1.807) is 19.2 Å². The molecule has 2 aromatic rings. The summed E-state index contributed by atoms with van der Waals surface area (Å²) >= 11 is 0. The summed E-state index contributed by atoms with van der Waals surface area (Å²) in [5.41, 5.74) is 1.38. The van der Waals surface area contributed by atoms with Crippen LogP contribution in [0.5, 0.6) is 11.5 Å². The van der Waals surface area contributed by atoms with E-state index in [9.17, 15) is 9.59 Å². The standard InChI is InChI=1S/C24H29N3O5/c1-30-19-6-2-4-17(12-19)24(29)26-11-3-5-18(26)14-27-23(28)10-8-20(25-27)16-7-9-21-22(13-16)32-15-31-21/h7-10,13,17-19H,2-6,11-12,14-15H2,1H3/t17-,18+,19+/m1/s1. The van der Waals surface area contributed by atoms with Gasteiger partial charge >= 0.3 is 0 Å². The number of hydrogen-bond donors (Lipinski definition) is 0. The molecule has 3 atom stereocenters. The molecule has 1 aromatic heterocycles. The molecule has 32 heavy (non-hydrogen) atoms. The molecule has 0 radical (unpaired) electrons. The number of hydrogen-bond acceptors (Lipinski definition) is 6. The van der Waals surface area contributed by atoms with Crippen LogP contribution in [0.2, 0.25) is 0 Å². The lowest BCUT2D eigenvalue weighted by molar-refractivity contribution is -0.139. The molecule has 0 spiro atoms. The summed E-state index contributed by atoms with van der Waals surface area (Å²) in [5, 5.41) is 4.61. The van der Waals surface area contributed by atoms with Crippen molar-refractivity contribution in [3.8, 4) is 22.8 Å². The van der Waals surface area contributed by atoms with Gasteiger partial charge in [-0.1, -0.05) is 6.42 Å². The molecule has 8 nitrogen and oxygen atoms in total. The maximum atomic E-state index is 13.3. The fourth-order valence-corrected chi connectivity index (χ4v) is 5.12. The van der Waals surface area contributed by atoms with Crippen molar-refractivity contribution in [1.82, 2.24) is 14.7 Å². The van der Waals surface area contributed by atoms with Gasteiger partial charge in [-0.2, -0.15) is 5.10 Å². The van der Waals surface area contributed by atoms with Crippen molar-refractivity contribution in [3.63, 3.8) is 0 Å². The Bertz CT molecular complexity index is 1050. The van der Waals surface area contributed by atoms with Crippen molar-refractivity contribution in [3.05, 3.63) is 40.7 Å². The Balaban J connectivity index is 1.33. The van der Waals surface area contributed by atoms with Gasteiger partial charge < -0.3 is 19.1 Å². The number of carbonyl (C=O) groups excluding carboxylic acids is 1. The Morgan fingerprint density at radius 3 is 2.88 bits per heavy atom. The fraction of sp³-hybridized carbons (Fsp3) is 0.542. The number of methoxy groups -OCH3 is 1. The maximum absolute atomic E-state index is 13.3. The first-order valence-corrected chi connectivity index (χ1v) is 11.4. The van der Waals surface area contributed by atoms with Crippen molar-refractivity contribution >= 4 is 5.91 Å². The lowest BCUT2D eigenvalue weighted by Gasteiger charge is -2.33. The maximum Gasteiger partial charge on any atom is 0.266 e. The number of rotatable bonds is 5. The highest BCUT2D eigenvalue weighted by Crippen LogP contribution is 2.35. The number of ether oxygens (including phenoxy) is 3. The van der Waals surface area contributed by atoms with Gasteiger partial charge in [0.15, 0.2) is 11.5 Å². The van der Waals surface area contributed by atoms with E-state index in [0.717, 1.165) is 50.6 Å². The van der Waals surface area contributed by atoms with E-state index in [-0.39, 0.29) is 36.3 Å². The van der Waals surface area contributed by atoms with Crippen LogP contribution in [0, 0.1) is 5.92 Å². The minimum Gasteiger partial charge on any atom is -0.454 e. The molecule has 1 saturated carbocycles. The molecule has 1 aliphatic carbocycles. The van der Waals surface area contributed by atoms with Crippen LogP contribution in [0.15, 0.2) is 35.1 Å². The normalized spacial score (nSPS) is 24.7. The second kappa shape index (κ2) is 8.94. The highest BCUT2D eigenvalue weighted by atomic mass is 16.7. The van der Waals surface area contributed by atoms with Crippen LogP contribution < -0.4 is 15.0 Å². The van der Waals surface area contributed by atoms with E-state index in [1.807, 2.05) is 23.1 Å². The van der Waals surface area contributed by atoms with Crippen LogP contribution in [0.4, 0.5) is 0 Å². The predicted octanol–water partition coefficient (Wildman–Crippen LogP) is 2.84. The van der Waals surface area contributed by atoms with Gasteiger partial charge in [0.05, 0.1) is 24.4 Å². The van der Waals surface area contributed by atoms with Crippen LogP contribution in [-0.4, -0.2) is 53.2 Å². The Hall–Kier alpha value is -2.87. The van der Waals surface area contributed by atoms with E-state index in [2.05, 4.69) is 5.10 Å². The van der Waals surface area contributed by atoms with Gasteiger partial charge in [-0.15, -0.1) is 0 Å². The molecule has 0 N–H and O–H groups in total. The number of nitrogens with zero attached hydrogens (tertiary/aromatic N) is 3. The quantitative estimate of drug-likeness (QED) is 0.713. The molecule has 3 heterocycles. The van der Waals surface area contributed by atoms with Gasteiger partial charge in [0, 0.05) is 31.2 Å². The summed E-state index contributed by atoms with van der Waals surface area (Å²) in [6, 6.07) is 8.89. The molecular weight excluding hydrogens is 410 g/mol. The lowest BCUT2D eigenvalue weighted by atomic mass is 9.86. The van der Waals surface area contributed by atoms with E-state index < -0.39 is 0 Å². The molecular formula is C24H29N3O5. The first-order valence-electron chi connectivity index (χ1n) is 11.4. The monoisotopic (exact) mass is 439 g/mol. The average Bonchev–Trinajstić information content (AvgIpc) is 3.49. The number of amides is 1. The summed E-state index contributed by atoms with van der Waals surface area (Å²) < 4.78 is 17.8. The minimum atomic E-state index is -0.161. The molecule has 3 aliphatic rings. The summed E-state index contributed by atoms with van der Waals surface area (Å²) in [5.74, 6) is 1.60. The Morgan fingerprint density at radius 2 is 2.00 bits per heavy atom. The third-order valence-corrected chi connectivity index (χ3v) is 6.89. The van der Waals surface area contributed by atoms with Gasteiger partial charge in [-0.05, 0) is 56.4 Å². The third-order valence-electron chi connectivity index (χ3n) is 6.89. The number of carbonyl (C=O) groups is 1. The van der Waals surface area contributed by atoms with Crippen molar-refractivity contribution in [2.75, 3.05) is 20.4 Å². The summed E-state index contributed by atoms with van der Waals surface area (Å²) in [6.07, 6.45) is 5.75. The highest BCUT2D eigenvalue weighted by Gasteiger charge is 2.36. The molecule has 2 fully saturated rings. The molecule has 1 amide bonds. The van der Waals surface area contributed by atoms with Crippen molar-refractivity contribution in [1.29, 1.82) is 0 Å². The van der Waals surface area contributed by atoms with Crippen LogP contribution in [0.1, 0.15) is 38.5 Å². The number of likely N-dealkylation sites (tertiary alicyclic amines) is 1. The van der Waals surface area contributed by atoms with Crippen molar-refractivity contribution < 1.29 is 19.0 Å². The number of fused-ring (bicyclic) bond motifs is 1. The van der Waals surface area contributed by atoms with E-state index in [1.165, 1.54) is 4.68 Å².